The highest BCUT2D eigenvalue weighted by atomic mass is 79.9. The number of likely N-dealkylation sites (tertiary alicyclic amines) is 1. The van der Waals surface area contributed by atoms with Crippen LogP contribution in [0.3, 0.4) is 0 Å². The number of hydrogen-bond acceptors (Lipinski definition) is 6. The van der Waals surface area contributed by atoms with Crippen molar-refractivity contribution in [2.75, 3.05) is 24.7 Å². The van der Waals surface area contributed by atoms with Gasteiger partial charge in [0.1, 0.15) is 12.2 Å². The summed E-state index contributed by atoms with van der Waals surface area (Å²) in [7, 11) is 0. The fraction of sp³-hybridized carbons (Fsp3) is 0.538. The SMILES string of the molecule is CSc1ncc(Br)c(N[C@H]2CCCN(C(=O)CC#N)C2)n1. The molecule has 1 fully saturated rings. The van der Waals surface area contributed by atoms with Gasteiger partial charge in [0.15, 0.2) is 5.16 Å². The zero-order valence-electron chi connectivity index (χ0n) is 11.7. The number of rotatable bonds is 4. The number of nitrogens with zero attached hydrogens (tertiary/aromatic N) is 4. The highest BCUT2D eigenvalue weighted by molar-refractivity contribution is 9.10. The molecule has 0 saturated carbocycles. The molecule has 1 aliphatic heterocycles. The molecule has 0 aliphatic carbocycles. The van der Waals surface area contributed by atoms with Gasteiger partial charge in [0, 0.05) is 25.3 Å². The Hall–Kier alpha value is -1.33. The number of piperidine rings is 1. The Morgan fingerprint density at radius 1 is 1.71 bits per heavy atom. The summed E-state index contributed by atoms with van der Waals surface area (Å²) in [6, 6.07) is 2.05. The maximum absolute atomic E-state index is 11.8. The molecule has 0 radical (unpaired) electrons. The second-order valence-corrected chi connectivity index (χ2v) is 6.34. The fourth-order valence-corrected chi connectivity index (χ4v) is 2.89. The highest BCUT2D eigenvalue weighted by Gasteiger charge is 2.24. The zero-order chi connectivity index (χ0) is 15.2. The van der Waals surface area contributed by atoms with Gasteiger partial charge < -0.3 is 10.2 Å². The van der Waals surface area contributed by atoms with Crippen LogP contribution in [-0.2, 0) is 4.79 Å². The van der Waals surface area contributed by atoms with E-state index in [9.17, 15) is 4.79 Å². The van der Waals surface area contributed by atoms with E-state index in [1.807, 2.05) is 12.3 Å². The van der Waals surface area contributed by atoms with Crippen LogP contribution in [0.2, 0.25) is 0 Å². The Morgan fingerprint density at radius 2 is 2.52 bits per heavy atom. The molecule has 0 spiro atoms. The minimum atomic E-state index is -0.101. The van der Waals surface area contributed by atoms with E-state index in [2.05, 4.69) is 31.2 Å². The molecule has 2 heterocycles. The Kier molecular flexibility index (Phi) is 5.82. The average molecular weight is 370 g/mol. The summed E-state index contributed by atoms with van der Waals surface area (Å²) < 4.78 is 0.806. The van der Waals surface area contributed by atoms with Crippen molar-refractivity contribution < 1.29 is 4.79 Å². The monoisotopic (exact) mass is 369 g/mol. The van der Waals surface area contributed by atoms with Crippen LogP contribution in [0.25, 0.3) is 0 Å². The van der Waals surface area contributed by atoms with E-state index in [4.69, 9.17) is 5.26 Å². The van der Waals surface area contributed by atoms with Crippen molar-refractivity contribution in [1.82, 2.24) is 14.9 Å². The van der Waals surface area contributed by atoms with Crippen molar-refractivity contribution in [3.63, 3.8) is 0 Å². The molecule has 112 valence electrons. The van der Waals surface area contributed by atoms with Gasteiger partial charge in [-0.2, -0.15) is 5.26 Å². The lowest BCUT2D eigenvalue weighted by atomic mass is 10.1. The van der Waals surface area contributed by atoms with E-state index in [1.165, 1.54) is 11.8 Å². The first-order valence-corrected chi connectivity index (χ1v) is 8.63. The molecule has 1 atom stereocenters. The number of thioether (sulfide) groups is 1. The number of halogens is 1. The molecule has 1 amide bonds. The van der Waals surface area contributed by atoms with Gasteiger partial charge in [-0.3, -0.25) is 4.79 Å². The molecule has 1 aromatic rings. The molecule has 1 aromatic heterocycles. The molecule has 1 aliphatic rings. The van der Waals surface area contributed by atoms with E-state index in [0.29, 0.717) is 11.7 Å². The summed E-state index contributed by atoms with van der Waals surface area (Å²) in [5.41, 5.74) is 0. The van der Waals surface area contributed by atoms with E-state index in [0.717, 1.165) is 29.7 Å². The maximum atomic E-state index is 11.8. The predicted octanol–water partition coefficient (Wildman–Crippen LogP) is 2.28. The van der Waals surface area contributed by atoms with Crippen LogP contribution in [-0.4, -0.2) is 46.2 Å². The third-order valence-corrected chi connectivity index (χ3v) is 4.39. The van der Waals surface area contributed by atoms with Crippen LogP contribution in [0.5, 0.6) is 0 Å². The van der Waals surface area contributed by atoms with Crippen LogP contribution in [0.1, 0.15) is 19.3 Å². The van der Waals surface area contributed by atoms with Gasteiger partial charge in [-0.25, -0.2) is 9.97 Å². The second kappa shape index (κ2) is 7.61. The van der Waals surface area contributed by atoms with Crippen LogP contribution >= 0.6 is 27.7 Å². The summed E-state index contributed by atoms with van der Waals surface area (Å²) in [6.45, 7) is 1.32. The van der Waals surface area contributed by atoms with Crippen molar-refractivity contribution in [1.29, 1.82) is 5.26 Å². The van der Waals surface area contributed by atoms with Crippen LogP contribution in [0.15, 0.2) is 15.8 Å². The first kappa shape index (κ1) is 16.0. The number of nitriles is 1. The molecule has 0 aromatic carbocycles. The molecule has 2 rings (SSSR count). The molecule has 1 N–H and O–H groups in total. The smallest absolute Gasteiger partial charge is 0.236 e. The van der Waals surface area contributed by atoms with E-state index < -0.39 is 0 Å². The Balaban J connectivity index is 2.03. The lowest BCUT2D eigenvalue weighted by Gasteiger charge is -2.33. The first-order chi connectivity index (χ1) is 10.1. The normalized spacial score (nSPS) is 18.1. The van der Waals surface area contributed by atoms with Gasteiger partial charge in [0.05, 0.1) is 10.5 Å². The number of carbonyl (C=O) groups excluding carboxylic acids is 1. The molecular formula is C13H16BrN5OS. The number of hydrogen-bond donors (Lipinski definition) is 1. The summed E-state index contributed by atoms with van der Waals surface area (Å²) in [4.78, 5) is 22.2. The van der Waals surface area contributed by atoms with Crippen LogP contribution in [0.4, 0.5) is 5.82 Å². The number of amides is 1. The van der Waals surface area contributed by atoms with Gasteiger partial charge >= 0.3 is 0 Å². The summed E-state index contributed by atoms with van der Waals surface area (Å²) >= 11 is 4.92. The number of anilines is 1. The summed E-state index contributed by atoms with van der Waals surface area (Å²) in [6.07, 6.45) is 5.49. The highest BCUT2D eigenvalue weighted by Crippen LogP contribution is 2.24. The number of aromatic nitrogens is 2. The third-order valence-electron chi connectivity index (χ3n) is 3.25. The number of nitrogens with one attached hydrogen (secondary N) is 1. The molecule has 0 bridgehead atoms. The lowest BCUT2D eigenvalue weighted by Crippen LogP contribution is -2.45. The second-order valence-electron chi connectivity index (χ2n) is 4.71. The zero-order valence-corrected chi connectivity index (χ0v) is 14.1. The molecular weight excluding hydrogens is 354 g/mol. The van der Waals surface area contributed by atoms with Crippen molar-refractivity contribution >= 4 is 39.4 Å². The number of carbonyl (C=O) groups is 1. The molecule has 6 nitrogen and oxygen atoms in total. The Labute approximate surface area is 136 Å². The molecule has 8 heteroatoms. The van der Waals surface area contributed by atoms with Gasteiger partial charge in [0.25, 0.3) is 0 Å². The Morgan fingerprint density at radius 3 is 3.24 bits per heavy atom. The molecule has 1 saturated heterocycles. The van der Waals surface area contributed by atoms with Crippen molar-refractivity contribution in [3.8, 4) is 6.07 Å². The van der Waals surface area contributed by atoms with E-state index in [-0.39, 0.29) is 18.4 Å². The van der Waals surface area contributed by atoms with Crippen LogP contribution in [0, 0.1) is 11.3 Å². The fourth-order valence-electron chi connectivity index (χ4n) is 2.24. The maximum Gasteiger partial charge on any atom is 0.236 e. The summed E-state index contributed by atoms with van der Waals surface area (Å²) in [5, 5.41) is 12.7. The van der Waals surface area contributed by atoms with Gasteiger partial charge in [-0.05, 0) is 35.0 Å². The lowest BCUT2D eigenvalue weighted by molar-refractivity contribution is -0.131. The third kappa shape index (κ3) is 4.32. The van der Waals surface area contributed by atoms with Gasteiger partial charge in [-0.1, -0.05) is 11.8 Å². The van der Waals surface area contributed by atoms with E-state index in [1.54, 1.807) is 11.1 Å². The quantitative estimate of drug-likeness (QED) is 0.647. The minimum Gasteiger partial charge on any atom is -0.364 e. The van der Waals surface area contributed by atoms with Gasteiger partial charge in [-0.15, -0.1) is 0 Å². The van der Waals surface area contributed by atoms with Crippen LogP contribution < -0.4 is 5.32 Å². The molecule has 0 unspecified atom stereocenters. The Bertz CT molecular complexity index is 562. The molecule has 21 heavy (non-hydrogen) atoms. The average Bonchev–Trinajstić information content (AvgIpc) is 2.50. The van der Waals surface area contributed by atoms with Crippen molar-refractivity contribution in [2.24, 2.45) is 0 Å². The topological polar surface area (TPSA) is 81.9 Å². The van der Waals surface area contributed by atoms with Crippen molar-refractivity contribution in [3.05, 3.63) is 10.7 Å². The van der Waals surface area contributed by atoms with Crippen molar-refractivity contribution in [2.45, 2.75) is 30.5 Å². The predicted molar refractivity (Wildman–Crippen MR) is 85.0 cm³/mol. The first-order valence-electron chi connectivity index (χ1n) is 6.62. The van der Waals surface area contributed by atoms with Gasteiger partial charge in [0.2, 0.25) is 5.91 Å². The largest absolute Gasteiger partial charge is 0.364 e. The minimum absolute atomic E-state index is 0.0550. The summed E-state index contributed by atoms with van der Waals surface area (Å²) in [5.74, 6) is 0.643. The standard InChI is InChI=1S/C13H16BrN5OS/c1-21-13-16-7-10(14)12(18-13)17-9-3-2-6-19(8-9)11(20)4-5-15/h7,9H,2-4,6,8H2,1H3,(H,16,17,18)/t9-/m0/s1. The van der Waals surface area contributed by atoms with E-state index >= 15 is 0 Å².